The number of aliphatic hydroxyl groups excluding tert-OH is 2. The van der Waals surface area contributed by atoms with Crippen LogP contribution in [0.3, 0.4) is 0 Å². The molecule has 0 heterocycles. The van der Waals surface area contributed by atoms with Gasteiger partial charge in [0.05, 0.1) is 26.4 Å². The topological polar surface area (TPSA) is 68.2 Å². The van der Waals surface area contributed by atoms with Gasteiger partial charge in [-0.2, -0.15) is 0 Å². The maximum atomic E-state index is 9.62. The molecule has 0 bridgehead atoms. The van der Waals surface area contributed by atoms with Crippen LogP contribution in [0.2, 0.25) is 0 Å². The molecule has 0 saturated carbocycles. The molecule has 0 aliphatic heterocycles. The van der Waals surface area contributed by atoms with Crippen molar-refractivity contribution in [1.29, 1.82) is 0 Å². The van der Waals surface area contributed by atoms with Gasteiger partial charge >= 0.3 is 0 Å². The monoisotopic (exact) mass is 434 g/mol. The van der Waals surface area contributed by atoms with Gasteiger partial charge in [-0.25, -0.2) is 0 Å². The van der Waals surface area contributed by atoms with E-state index in [1.165, 1.54) is 0 Å². The Morgan fingerprint density at radius 2 is 1.00 bits per heavy atom. The normalized spacial score (nSPS) is 14.3. The third-order valence-corrected chi connectivity index (χ3v) is 3.71. The standard InChI is InChI=1S/C14H28Br2O5/c15-5-1-3-7-19-9-13(17)11-21-12-14(18)10-20-8-4-2-6-16/h13-14,17-18H,1-12H2. The van der Waals surface area contributed by atoms with Gasteiger partial charge in [0.25, 0.3) is 0 Å². The molecule has 2 N–H and O–H groups in total. The molecule has 0 spiro atoms. The van der Waals surface area contributed by atoms with E-state index in [9.17, 15) is 10.2 Å². The fourth-order valence-corrected chi connectivity index (χ4v) is 2.27. The lowest BCUT2D eigenvalue weighted by Crippen LogP contribution is -2.27. The van der Waals surface area contributed by atoms with Gasteiger partial charge in [-0.15, -0.1) is 0 Å². The number of hydrogen-bond acceptors (Lipinski definition) is 5. The maximum Gasteiger partial charge on any atom is 0.101 e. The Morgan fingerprint density at radius 1 is 0.619 bits per heavy atom. The summed E-state index contributed by atoms with van der Waals surface area (Å²) in [4.78, 5) is 0. The average molecular weight is 436 g/mol. The molecule has 2 unspecified atom stereocenters. The zero-order valence-corrected chi connectivity index (χ0v) is 15.7. The van der Waals surface area contributed by atoms with E-state index in [-0.39, 0.29) is 26.4 Å². The van der Waals surface area contributed by atoms with Crippen LogP contribution in [0.1, 0.15) is 25.7 Å². The number of ether oxygens (including phenoxy) is 3. The zero-order valence-electron chi connectivity index (χ0n) is 12.5. The highest BCUT2D eigenvalue weighted by Crippen LogP contribution is 1.98. The highest BCUT2D eigenvalue weighted by Gasteiger charge is 2.08. The fraction of sp³-hybridized carbons (Fsp3) is 1.00. The molecule has 0 radical (unpaired) electrons. The molecule has 0 aliphatic rings. The van der Waals surface area contributed by atoms with Crippen molar-refractivity contribution in [2.24, 2.45) is 0 Å². The highest BCUT2D eigenvalue weighted by molar-refractivity contribution is 9.09. The van der Waals surface area contributed by atoms with Crippen LogP contribution in [0.25, 0.3) is 0 Å². The van der Waals surface area contributed by atoms with E-state index >= 15 is 0 Å². The van der Waals surface area contributed by atoms with E-state index < -0.39 is 12.2 Å². The third-order valence-electron chi connectivity index (χ3n) is 2.59. The molecule has 0 fully saturated rings. The summed E-state index contributed by atoms with van der Waals surface area (Å²) in [5.41, 5.74) is 0. The van der Waals surface area contributed by atoms with Crippen molar-refractivity contribution < 1.29 is 24.4 Å². The van der Waals surface area contributed by atoms with Gasteiger partial charge in [-0.05, 0) is 25.7 Å². The third kappa shape index (κ3) is 17.0. The summed E-state index contributed by atoms with van der Waals surface area (Å²) in [5, 5.41) is 21.2. The lowest BCUT2D eigenvalue weighted by Gasteiger charge is -2.14. The molecule has 0 saturated heterocycles. The summed E-state index contributed by atoms with van der Waals surface area (Å²) in [6, 6.07) is 0. The molecule has 2 atom stereocenters. The first-order valence-electron chi connectivity index (χ1n) is 7.42. The Kier molecular flexibility index (Phi) is 17.7. The number of halogens is 2. The van der Waals surface area contributed by atoms with E-state index in [4.69, 9.17) is 14.2 Å². The van der Waals surface area contributed by atoms with Crippen LogP contribution < -0.4 is 0 Å². The molecular weight excluding hydrogens is 408 g/mol. The first kappa shape index (κ1) is 21.8. The molecule has 0 rings (SSSR count). The Morgan fingerprint density at radius 3 is 1.38 bits per heavy atom. The second-order valence-corrected chi connectivity index (χ2v) is 6.37. The van der Waals surface area contributed by atoms with E-state index in [1.54, 1.807) is 0 Å². The van der Waals surface area contributed by atoms with Crippen molar-refractivity contribution in [2.45, 2.75) is 37.9 Å². The molecule has 21 heavy (non-hydrogen) atoms. The van der Waals surface area contributed by atoms with Gasteiger partial charge in [-0.3, -0.25) is 0 Å². The van der Waals surface area contributed by atoms with Gasteiger partial charge in [-0.1, -0.05) is 31.9 Å². The maximum absolute atomic E-state index is 9.62. The van der Waals surface area contributed by atoms with Crippen LogP contribution in [0.4, 0.5) is 0 Å². The molecule has 0 aromatic heterocycles. The predicted molar refractivity (Wildman–Crippen MR) is 90.5 cm³/mol. The minimum atomic E-state index is -0.652. The Labute approximate surface area is 144 Å². The summed E-state index contributed by atoms with van der Waals surface area (Å²) < 4.78 is 15.9. The van der Waals surface area contributed by atoms with Crippen LogP contribution >= 0.6 is 31.9 Å². The van der Waals surface area contributed by atoms with Crippen LogP contribution in [0.5, 0.6) is 0 Å². The van der Waals surface area contributed by atoms with Crippen molar-refractivity contribution in [3.8, 4) is 0 Å². The first-order chi connectivity index (χ1) is 10.2. The van der Waals surface area contributed by atoms with Crippen molar-refractivity contribution in [2.75, 3.05) is 50.3 Å². The quantitative estimate of drug-likeness (QED) is 0.287. The average Bonchev–Trinajstić information content (AvgIpc) is 2.47. The molecule has 0 aliphatic carbocycles. The van der Waals surface area contributed by atoms with Crippen molar-refractivity contribution in [1.82, 2.24) is 0 Å². The minimum absolute atomic E-state index is 0.166. The van der Waals surface area contributed by atoms with Crippen LogP contribution in [-0.2, 0) is 14.2 Å². The minimum Gasteiger partial charge on any atom is -0.388 e. The van der Waals surface area contributed by atoms with Crippen LogP contribution in [-0.4, -0.2) is 72.7 Å². The molecule has 5 nitrogen and oxygen atoms in total. The van der Waals surface area contributed by atoms with Gasteiger partial charge in [0.1, 0.15) is 12.2 Å². The zero-order chi connectivity index (χ0) is 15.8. The van der Waals surface area contributed by atoms with E-state index in [0.29, 0.717) is 13.2 Å². The van der Waals surface area contributed by atoms with E-state index in [0.717, 1.165) is 36.3 Å². The van der Waals surface area contributed by atoms with Gasteiger partial charge in [0, 0.05) is 23.9 Å². The molecule has 128 valence electrons. The fourth-order valence-electron chi connectivity index (χ4n) is 1.47. The summed E-state index contributed by atoms with van der Waals surface area (Å²) in [6.07, 6.45) is 2.78. The number of rotatable bonds is 16. The van der Waals surface area contributed by atoms with Crippen molar-refractivity contribution in [3.05, 3.63) is 0 Å². The number of hydrogen-bond donors (Lipinski definition) is 2. The van der Waals surface area contributed by atoms with Crippen molar-refractivity contribution in [3.63, 3.8) is 0 Å². The van der Waals surface area contributed by atoms with E-state index in [2.05, 4.69) is 31.9 Å². The smallest absolute Gasteiger partial charge is 0.101 e. The summed E-state index contributed by atoms with van der Waals surface area (Å²) >= 11 is 6.69. The lowest BCUT2D eigenvalue weighted by molar-refractivity contribution is -0.0565. The molecule has 0 amide bonds. The Balaban J connectivity index is 3.30. The Bertz CT molecular complexity index is 190. The van der Waals surface area contributed by atoms with Gasteiger partial charge < -0.3 is 24.4 Å². The summed E-state index contributed by atoms with van der Waals surface area (Å²) in [5.74, 6) is 0. The molecular formula is C14H28Br2O5. The molecule has 0 aromatic rings. The SMILES string of the molecule is OC(COCCCCBr)COCC(O)COCCCCBr. The Hall–Kier alpha value is 0.760. The lowest BCUT2D eigenvalue weighted by atomic mass is 10.3. The molecule has 0 aromatic carbocycles. The van der Waals surface area contributed by atoms with Crippen molar-refractivity contribution >= 4 is 31.9 Å². The predicted octanol–water partition coefficient (Wildman–Crippen LogP) is 2.11. The number of unbranched alkanes of at least 4 members (excludes halogenated alkanes) is 2. The second-order valence-electron chi connectivity index (χ2n) is 4.79. The van der Waals surface area contributed by atoms with Crippen LogP contribution in [0, 0.1) is 0 Å². The van der Waals surface area contributed by atoms with E-state index in [1.807, 2.05) is 0 Å². The first-order valence-corrected chi connectivity index (χ1v) is 9.66. The molecule has 7 heteroatoms. The second kappa shape index (κ2) is 17.1. The highest BCUT2D eigenvalue weighted by atomic mass is 79.9. The number of alkyl halides is 2. The summed E-state index contributed by atoms with van der Waals surface area (Å²) in [7, 11) is 0. The summed E-state index contributed by atoms with van der Waals surface area (Å²) in [6.45, 7) is 2.15. The largest absolute Gasteiger partial charge is 0.388 e. The van der Waals surface area contributed by atoms with Crippen LogP contribution in [0.15, 0.2) is 0 Å². The van der Waals surface area contributed by atoms with Gasteiger partial charge in [0.2, 0.25) is 0 Å². The number of aliphatic hydroxyl groups is 2. The van der Waals surface area contributed by atoms with Gasteiger partial charge in [0.15, 0.2) is 0 Å².